The molecule has 1 aliphatic heterocycles. The van der Waals surface area contributed by atoms with E-state index in [2.05, 4.69) is 57.4 Å². The fourth-order valence-electron chi connectivity index (χ4n) is 5.71. The second-order valence-electron chi connectivity index (χ2n) is 12.4. The average molecular weight is 609 g/mol. The van der Waals surface area contributed by atoms with Crippen molar-refractivity contribution in [3.8, 4) is 23.0 Å². The Morgan fingerprint density at radius 3 is 2.51 bits per heavy atom. The number of nitrogens with one attached hydrogen (secondary N) is 2. The van der Waals surface area contributed by atoms with Gasteiger partial charge in [0.15, 0.2) is 22.8 Å². The van der Waals surface area contributed by atoms with E-state index in [0.29, 0.717) is 30.9 Å². The molecule has 0 saturated heterocycles. The van der Waals surface area contributed by atoms with Crippen LogP contribution in [0.4, 0.5) is 5.69 Å². The molecule has 0 spiro atoms. The van der Waals surface area contributed by atoms with Gasteiger partial charge in [-0.2, -0.15) is 0 Å². The van der Waals surface area contributed by atoms with Crippen LogP contribution in [0.25, 0.3) is 33.3 Å². The standard InChI is InChI=1S/C37H44N4O4/c1-8-38-28-21-31-30(18-23(28)2)41-35-26-14-10-9-13-25(26)29(22-32(35)45-31)39-17-15-34(42)40-16-11-12-24-19-27(37(3,4)5)36(44-7)33(20-24)43-6/h9-10,13-14,18-22,38H,8,11-12,15-17H2,1-7H3,(H,40,42). The predicted octanol–water partition coefficient (Wildman–Crippen LogP) is 7.18. The first-order chi connectivity index (χ1) is 21.6. The first-order valence-corrected chi connectivity index (χ1v) is 15.7. The van der Waals surface area contributed by atoms with E-state index in [-0.39, 0.29) is 11.3 Å². The molecule has 0 bridgehead atoms. The van der Waals surface area contributed by atoms with Gasteiger partial charge in [0.05, 0.1) is 19.6 Å². The number of methoxy groups -OCH3 is 2. The monoisotopic (exact) mass is 608 g/mol. The van der Waals surface area contributed by atoms with Gasteiger partial charge in [0.25, 0.3) is 0 Å². The molecule has 3 aromatic rings. The number of benzene rings is 4. The number of rotatable bonds is 11. The van der Waals surface area contributed by atoms with Crippen LogP contribution >= 0.6 is 0 Å². The third kappa shape index (κ3) is 7.06. The lowest BCUT2D eigenvalue weighted by Gasteiger charge is -2.24. The van der Waals surface area contributed by atoms with Crippen LogP contribution in [-0.2, 0) is 16.6 Å². The fraction of sp³-hybridized carbons (Fsp3) is 0.378. The molecule has 8 nitrogen and oxygen atoms in total. The third-order valence-electron chi connectivity index (χ3n) is 8.02. The molecule has 2 N–H and O–H groups in total. The van der Waals surface area contributed by atoms with Gasteiger partial charge in [-0.05, 0) is 55.4 Å². The van der Waals surface area contributed by atoms with Crippen LogP contribution in [-0.4, -0.2) is 44.7 Å². The number of nitrogens with zero attached hydrogens (tertiary/aromatic N) is 2. The van der Waals surface area contributed by atoms with Crippen molar-refractivity contribution in [3.63, 3.8) is 0 Å². The number of hydrogen-bond acceptors (Lipinski definition) is 7. The summed E-state index contributed by atoms with van der Waals surface area (Å²) in [4.78, 5) is 22.5. The molecular weight excluding hydrogens is 564 g/mol. The Morgan fingerprint density at radius 1 is 1.02 bits per heavy atom. The van der Waals surface area contributed by atoms with Crippen LogP contribution in [0.15, 0.2) is 64.0 Å². The third-order valence-corrected chi connectivity index (χ3v) is 8.02. The van der Waals surface area contributed by atoms with E-state index in [4.69, 9.17) is 23.9 Å². The Bertz CT molecular complexity index is 1870. The number of aromatic nitrogens is 1. The van der Waals surface area contributed by atoms with Crippen molar-refractivity contribution >= 4 is 33.5 Å². The maximum absolute atomic E-state index is 12.7. The molecule has 2 aliphatic rings. The summed E-state index contributed by atoms with van der Waals surface area (Å²) in [5.41, 5.74) is 6.66. The highest BCUT2D eigenvalue weighted by Crippen LogP contribution is 2.40. The number of carbonyl (C=O) groups excluding carboxylic acids is 1. The topological polar surface area (TPSA) is 98.0 Å². The molecule has 3 aromatic carbocycles. The van der Waals surface area contributed by atoms with Gasteiger partial charge in [0, 0.05) is 60.2 Å². The summed E-state index contributed by atoms with van der Waals surface area (Å²) < 4.78 is 17.6. The zero-order valence-electron chi connectivity index (χ0n) is 27.5. The number of carbonyl (C=O) groups is 1. The van der Waals surface area contributed by atoms with Crippen molar-refractivity contribution in [3.05, 3.63) is 76.6 Å². The molecule has 1 heterocycles. The Hall–Kier alpha value is -4.59. The molecule has 5 rings (SSSR count). The van der Waals surface area contributed by atoms with Crippen molar-refractivity contribution in [2.24, 2.45) is 4.99 Å². The highest BCUT2D eigenvalue weighted by molar-refractivity contribution is 5.96. The number of hydrogen-bond donors (Lipinski definition) is 2. The van der Waals surface area contributed by atoms with E-state index >= 15 is 0 Å². The van der Waals surface area contributed by atoms with Crippen LogP contribution in [0.3, 0.4) is 0 Å². The van der Waals surface area contributed by atoms with Crippen molar-refractivity contribution in [2.45, 2.75) is 59.3 Å². The quantitative estimate of drug-likeness (QED) is 0.0937. The minimum Gasteiger partial charge on any atom is -0.493 e. The SMILES string of the molecule is CCNc1cc2oc3cc(=NCCC(=O)NCCCc4cc(OC)c(OC)c(C(C)(C)C)c4)c4ccccc4c-3nc2cc1C. The second kappa shape index (κ2) is 13.6. The molecule has 236 valence electrons. The normalized spacial score (nSPS) is 12.2. The van der Waals surface area contributed by atoms with Crippen molar-refractivity contribution < 1.29 is 18.7 Å². The predicted molar refractivity (Wildman–Crippen MR) is 182 cm³/mol. The van der Waals surface area contributed by atoms with E-state index in [1.54, 1.807) is 14.2 Å². The molecule has 1 aliphatic carbocycles. The van der Waals surface area contributed by atoms with Gasteiger partial charge >= 0.3 is 0 Å². The summed E-state index contributed by atoms with van der Waals surface area (Å²) in [5, 5.41) is 9.19. The van der Waals surface area contributed by atoms with Crippen molar-refractivity contribution in [1.29, 1.82) is 0 Å². The molecule has 1 amide bonds. The van der Waals surface area contributed by atoms with Gasteiger partial charge in [0.1, 0.15) is 11.2 Å². The maximum Gasteiger partial charge on any atom is 0.221 e. The van der Waals surface area contributed by atoms with E-state index in [9.17, 15) is 4.79 Å². The Morgan fingerprint density at radius 2 is 1.80 bits per heavy atom. The first kappa shape index (κ1) is 31.8. The van der Waals surface area contributed by atoms with E-state index in [1.807, 2.05) is 42.5 Å². The van der Waals surface area contributed by atoms with Crippen LogP contribution in [0, 0.1) is 6.92 Å². The summed E-state index contributed by atoms with van der Waals surface area (Å²) in [6.45, 7) is 12.4. The van der Waals surface area contributed by atoms with Gasteiger partial charge < -0.3 is 24.5 Å². The van der Waals surface area contributed by atoms with Gasteiger partial charge in [-0.3, -0.25) is 9.79 Å². The minimum atomic E-state index is -0.0874. The number of fused-ring (bicyclic) bond motifs is 4. The van der Waals surface area contributed by atoms with E-state index < -0.39 is 0 Å². The summed E-state index contributed by atoms with van der Waals surface area (Å²) >= 11 is 0. The molecule has 0 atom stereocenters. The van der Waals surface area contributed by atoms with E-state index in [1.165, 1.54) is 0 Å². The van der Waals surface area contributed by atoms with Gasteiger partial charge in [-0.1, -0.05) is 51.1 Å². The van der Waals surface area contributed by atoms with Crippen molar-refractivity contribution in [1.82, 2.24) is 10.3 Å². The molecule has 0 radical (unpaired) electrons. The Balaban J connectivity index is 1.27. The molecule has 0 aromatic heterocycles. The van der Waals surface area contributed by atoms with Crippen LogP contribution in [0.1, 0.15) is 57.2 Å². The summed E-state index contributed by atoms with van der Waals surface area (Å²) in [6, 6.07) is 18.3. The lowest BCUT2D eigenvalue weighted by atomic mass is 9.84. The molecule has 8 heteroatoms. The maximum atomic E-state index is 12.7. The van der Waals surface area contributed by atoms with Crippen LogP contribution in [0.5, 0.6) is 11.5 Å². The van der Waals surface area contributed by atoms with Crippen LogP contribution < -0.4 is 25.5 Å². The zero-order valence-corrected chi connectivity index (χ0v) is 27.5. The molecule has 0 fully saturated rings. The number of anilines is 1. The smallest absolute Gasteiger partial charge is 0.221 e. The van der Waals surface area contributed by atoms with Crippen molar-refractivity contribution in [2.75, 3.05) is 39.2 Å². The summed E-state index contributed by atoms with van der Waals surface area (Å²) in [6.07, 6.45) is 1.93. The highest BCUT2D eigenvalue weighted by Gasteiger charge is 2.23. The lowest BCUT2D eigenvalue weighted by molar-refractivity contribution is -0.120. The zero-order chi connectivity index (χ0) is 32.1. The van der Waals surface area contributed by atoms with Gasteiger partial charge in [0.2, 0.25) is 5.91 Å². The second-order valence-corrected chi connectivity index (χ2v) is 12.4. The minimum absolute atomic E-state index is 0.0183. The highest BCUT2D eigenvalue weighted by atomic mass is 16.5. The van der Waals surface area contributed by atoms with E-state index in [0.717, 1.165) is 80.6 Å². The Labute approximate surface area is 265 Å². The molecular formula is C37H44N4O4. The fourth-order valence-corrected chi connectivity index (χ4v) is 5.71. The van der Waals surface area contributed by atoms with Gasteiger partial charge in [-0.15, -0.1) is 0 Å². The summed E-state index contributed by atoms with van der Waals surface area (Å²) in [5.74, 6) is 2.16. The lowest BCUT2D eigenvalue weighted by Crippen LogP contribution is -2.25. The first-order valence-electron chi connectivity index (χ1n) is 15.7. The van der Waals surface area contributed by atoms with Crippen LogP contribution in [0.2, 0.25) is 0 Å². The number of ether oxygens (including phenoxy) is 2. The Kier molecular flexibility index (Phi) is 9.61. The molecule has 0 saturated carbocycles. The number of aryl methyl sites for hydroxylation is 2. The molecule has 45 heavy (non-hydrogen) atoms. The van der Waals surface area contributed by atoms with Gasteiger partial charge in [-0.25, -0.2) is 4.98 Å². The average Bonchev–Trinajstić information content (AvgIpc) is 3.02. The molecule has 0 unspecified atom stereocenters. The largest absolute Gasteiger partial charge is 0.493 e. The number of amides is 1. The summed E-state index contributed by atoms with van der Waals surface area (Å²) in [7, 11) is 3.34.